The number of carbonyl (C=O) groups is 1. The van der Waals surface area contributed by atoms with Crippen molar-refractivity contribution in [3.8, 4) is 0 Å². The second-order valence-electron chi connectivity index (χ2n) is 9.35. The van der Waals surface area contributed by atoms with Crippen molar-refractivity contribution >= 4 is 22.6 Å². The predicted molar refractivity (Wildman–Crippen MR) is 119 cm³/mol. The van der Waals surface area contributed by atoms with Crippen LogP contribution in [0.1, 0.15) is 40.0 Å². The largest absolute Gasteiger partial charge is 0.368 e. The standard InChI is InChI=1S/C23H34N4O3/c1-15(2)18-6-4-16(3)12-21(18)30-14-22(28)27-10-8-26(9-11-27)17-5-7-19-20(13-17)25-23(29)24-19/h5,7,13,15-16,18,21H,4,6,8-12,14H2,1-3H3,(H2,24,25,29)/t16-,18+,21-/m0/s1. The van der Waals surface area contributed by atoms with Crippen LogP contribution in [0.5, 0.6) is 0 Å². The molecule has 2 fully saturated rings. The molecule has 0 spiro atoms. The summed E-state index contributed by atoms with van der Waals surface area (Å²) in [5, 5.41) is 0. The summed E-state index contributed by atoms with van der Waals surface area (Å²) in [5.74, 6) is 1.92. The molecule has 7 heteroatoms. The van der Waals surface area contributed by atoms with Gasteiger partial charge < -0.3 is 24.5 Å². The molecule has 7 nitrogen and oxygen atoms in total. The van der Waals surface area contributed by atoms with Crippen molar-refractivity contribution in [3.05, 3.63) is 28.7 Å². The number of H-pyrrole nitrogens is 2. The monoisotopic (exact) mass is 414 g/mol. The van der Waals surface area contributed by atoms with Crippen LogP contribution in [0.4, 0.5) is 5.69 Å². The van der Waals surface area contributed by atoms with Crippen LogP contribution in [-0.4, -0.2) is 59.7 Å². The van der Waals surface area contributed by atoms with Crippen molar-refractivity contribution in [2.45, 2.75) is 46.1 Å². The Kier molecular flexibility index (Phi) is 6.18. The highest BCUT2D eigenvalue weighted by Gasteiger charge is 2.32. The molecular weight excluding hydrogens is 380 g/mol. The maximum absolute atomic E-state index is 12.8. The van der Waals surface area contributed by atoms with E-state index in [0.717, 1.165) is 36.2 Å². The van der Waals surface area contributed by atoms with Gasteiger partial charge in [0.25, 0.3) is 0 Å². The third-order valence-electron chi connectivity index (χ3n) is 6.88. The summed E-state index contributed by atoms with van der Waals surface area (Å²) in [6.07, 6.45) is 3.73. The molecule has 2 aromatic rings. The Hall–Kier alpha value is -2.28. The summed E-state index contributed by atoms with van der Waals surface area (Å²) >= 11 is 0. The quantitative estimate of drug-likeness (QED) is 0.788. The van der Waals surface area contributed by atoms with Crippen molar-refractivity contribution in [1.29, 1.82) is 0 Å². The Morgan fingerprint density at radius 2 is 1.87 bits per heavy atom. The number of aromatic amines is 2. The molecule has 30 heavy (non-hydrogen) atoms. The number of imidazole rings is 1. The highest BCUT2D eigenvalue weighted by atomic mass is 16.5. The lowest BCUT2D eigenvalue weighted by Crippen LogP contribution is -2.50. The first-order valence-electron chi connectivity index (χ1n) is 11.3. The summed E-state index contributed by atoms with van der Waals surface area (Å²) in [4.78, 5) is 34.0. The van der Waals surface area contributed by atoms with Gasteiger partial charge in [-0.15, -0.1) is 0 Å². The molecule has 0 bridgehead atoms. The maximum atomic E-state index is 12.8. The highest BCUT2D eigenvalue weighted by molar-refractivity contribution is 5.80. The van der Waals surface area contributed by atoms with E-state index in [9.17, 15) is 9.59 Å². The SMILES string of the molecule is CC(C)[C@H]1CC[C@H](C)C[C@@H]1OCC(=O)N1CCN(c2ccc3[nH]c(=O)[nH]c3c2)CC1. The fraction of sp³-hybridized carbons (Fsp3) is 0.652. The lowest BCUT2D eigenvalue weighted by Gasteiger charge is -2.38. The topological polar surface area (TPSA) is 81.4 Å². The number of ether oxygens (including phenoxy) is 1. The number of rotatable bonds is 5. The van der Waals surface area contributed by atoms with E-state index in [0.29, 0.717) is 30.8 Å². The average Bonchev–Trinajstić information content (AvgIpc) is 3.11. The Labute approximate surface area is 177 Å². The normalized spacial score (nSPS) is 25.3. The molecule has 164 valence electrons. The second kappa shape index (κ2) is 8.84. The van der Waals surface area contributed by atoms with Crippen molar-refractivity contribution in [3.63, 3.8) is 0 Å². The van der Waals surface area contributed by atoms with Crippen molar-refractivity contribution in [2.24, 2.45) is 17.8 Å². The summed E-state index contributed by atoms with van der Waals surface area (Å²) < 4.78 is 6.16. The predicted octanol–water partition coefficient (Wildman–Crippen LogP) is 2.98. The first-order chi connectivity index (χ1) is 14.4. The van der Waals surface area contributed by atoms with Crippen LogP contribution < -0.4 is 10.6 Å². The van der Waals surface area contributed by atoms with E-state index in [-0.39, 0.29) is 24.3 Å². The van der Waals surface area contributed by atoms with Crippen LogP contribution in [0.3, 0.4) is 0 Å². The Morgan fingerprint density at radius 1 is 1.13 bits per heavy atom. The maximum Gasteiger partial charge on any atom is 0.323 e. The summed E-state index contributed by atoms with van der Waals surface area (Å²) in [7, 11) is 0. The van der Waals surface area contributed by atoms with Crippen molar-refractivity contribution < 1.29 is 9.53 Å². The molecule has 1 aliphatic carbocycles. The molecule has 2 N–H and O–H groups in total. The van der Waals surface area contributed by atoms with E-state index in [1.54, 1.807) is 0 Å². The minimum absolute atomic E-state index is 0.0980. The molecule has 1 aliphatic heterocycles. The molecule has 3 atom stereocenters. The molecule has 1 aromatic heterocycles. The number of aromatic nitrogens is 2. The van der Waals surface area contributed by atoms with Crippen LogP contribution in [-0.2, 0) is 9.53 Å². The fourth-order valence-corrected chi connectivity index (χ4v) is 5.01. The summed E-state index contributed by atoms with van der Waals surface area (Å²) in [6.45, 7) is 9.95. The highest BCUT2D eigenvalue weighted by Crippen LogP contribution is 2.35. The van der Waals surface area contributed by atoms with Gasteiger partial charge in [0.15, 0.2) is 0 Å². The van der Waals surface area contributed by atoms with Gasteiger partial charge in [0.05, 0.1) is 17.1 Å². The average molecular weight is 415 g/mol. The van der Waals surface area contributed by atoms with Crippen molar-refractivity contribution in [1.82, 2.24) is 14.9 Å². The molecule has 1 aromatic carbocycles. The lowest BCUT2D eigenvalue weighted by molar-refractivity contribution is -0.141. The number of fused-ring (bicyclic) bond motifs is 1. The summed E-state index contributed by atoms with van der Waals surface area (Å²) in [6, 6.07) is 5.93. The zero-order chi connectivity index (χ0) is 21.3. The molecule has 1 saturated heterocycles. The molecular formula is C23H34N4O3. The van der Waals surface area contributed by atoms with Gasteiger partial charge in [0.2, 0.25) is 5.91 Å². The van der Waals surface area contributed by atoms with Gasteiger partial charge in [-0.3, -0.25) is 4.79 Å². The van der Waals surface area contributed by atoms with Gasteiger partial charge in [-0.1, -0.05) is 27.2 Å². The van der Waals surface area contributed by atoms with Gasteiger partial charge in [0.1, 0.15) is 6.61 Å². The van der Waals surface area contributed by atoms with E-state index in [1.165, 1.54) is 12.8 Å². The lowest BCUT2D eigenvalue weighted by atomic mass is 9.75. The molecule has 0 radical (unpaired) electrons. The zero-order valence-corrected chi connectivity index (χ0v) is 18.3. The molecule has 4 rings (SSSR count). The van der Waals surface area contributed by atoms with Crippen LogP contribution in [0.15, 0.2) is 23.0 Å². The Balaban J connectivity index is 1.30. The number of nitrogens with one attached hydrogen (secondary N) is 2. The third kappa shape index (κ3) is 4.56. The third-order valence-corrected chi connectivity index (χ3v) is 6.88. The smallest absolute Gasteiger partial charge is 0.323 e. The number of hydrogen-bond acceptors (Lipinski definition) is 4. The van der Waals surface area contributed by atoms with Crippen molar-refractivity contribution in [2.75, 3.05) is 37.7 Å². The second-order valence-corrected chi connectivity index (χ2v) is 9.35. The zero-order valence-electron chi connectivity index (χ0n) is 18.3. The van der Waals surface area contributed by atoms with Crippen LogP contribution in [0.25, 0.3) is 11.0 Å². The number of anilines is 1. The number of hydrogen-bond donors (Lipinski definition) is 2. The minimum atomic E-state index is -0.190. The number of carbonyl (C=O) groups excluding carboxylic acids is 1. The van der Waals surface area contributed by atoms with E-state index >= 15 is 0 Å². The van der Waals surface area contributed by atoms with Crippen LogP contribution in [0.2, 0.25) is 0 Å². The minimum Gasteiger partial charge on any atom is -0.368 e. The molecule has 2 aliphatic rings. The number of amides is 1. The number of benzene rings is 1. The van der Waals surface area contributed by atoms with E-state index in [1.807, 2.05) is 23.1 Å². The number of piperazine rings is 1. The van der Waals surface area contributed by atoms with E-state index in [4.69, 9.17) is 4.74 Å². The summed E-state index contributed by atoms with van der Waals surface area (Å²) in [5.41, 5.74) is 2.50. The van der Waals surface area contributed by atoms with Crippen LogP contribution in [0, 0.1) is 17.8 Å². The molecule has 0 unspecified atom stereocenters. The van der Waals surface area contributed by atoms with Gasteiger partial charge >= 0.3 is 5.69 Å². The molecule has 1 saturated carbocycles. The van der Waals surface area contributed by atoms with Crippen LogP contribution >= 0.6 is 0 Å². The molecule has 2 heterocycles. The first-order valence-corrected chi connectivity index (χ1v) is 11.3. The van der Waals surface area contributed by atoms with Gasteiger partial charge in [-0.05, 0) is 48.8 Å². The number of nitrogens with zero attached hydrogens (tertiary/aromatic N) is 2. The van der Waals surface area contributed by atoms with Gasteiger partial charge in [0, 0.05) is 31.9 Å². The Bertz CT molecular complexity index is 926. The first kappa shape index (κ1) is 21.0. The molecule has 1 amide bonds. The van der Waals surface area contributed by atoms with Gasteiger partial charge in [-0.25, -0.2) is 4.79 Å². The van der Waals surface area contributed by atoms with E-state index < -0.39 is 0 Å². The van der Waals surface area contributed by atoms with Gasteiger partial charge in [-0.2, -0.15) is 0 Å². The van der Waals surface area contributed by atoms with E-state index in [2.05, 4.69) is 35.6 Å². The fourth-order valence-electron chi connectivity index (χ4n) is 5.01. The Morgan fingerprint density at radius 3 is 2.60 bits per heavy atom.